The van der Waals surface area contributed by atoms with E-state index in [1.54, 1.807) is 4.31 Å². The van der Waals surface area contributed by atoms with E-state index in [1.165, 1.54) is 38.5 Å². The molecule has 0 aromatic carbocycles. The van der Waals surface area contributed by atoms with Crippen LogP contribution in [0.1, 0.15) is 59.3 Å². The van der Waals surface area contributed by atoms with Crippen molar-refractivity contribution in [2.24, 2.45) is 5.92 Å². The topological polar surface area (TPSA) is 58.6 Å². The van der Waals surface area contributed by atoms with Crippen molar-refractivity contribution in [3.05, 3.63) is 0 Å². The van der Waals surface area contributed by atoms with Gasteiger partial charge in [-0.2, -0.15) is 4.31 Å². The molecule has 1 saturated heterocycles. The summed E-state index contributed by atoms with van der Waals surface area (Å²) in [7, 11) is -3.18. The Balaban J connectivity index is 1.71. The number of hydrogen-bond acceptors (Lipinski definition) is 4. The third-order valence-corrected chi connectivity index (χ3v) is 6.92. The van der Waals surface area contributed by atoms with Crippen molar-refractivity contribution in [3.63, 3.8) is 0 Å². The second kappa shape index (κ2) is 8.79. The molecular weight excluding hydrogens is 312 g/mol. The number of rotatable bonds is 7. The molecule has 1 saturated carbocycles. The molecule has 1 aliphatic heterocycles. The summed E-state index contributed by atoms with van der Waals surface area (Å²) in [5.41, 5.74) is 0. The molecule has 0 spiro atoms. The lowest BCUT2D eigenvalue weighted by molar-refractivity contribution is -0.0440. The minimum absolute atomic E-state index is 0.0182. The fourth-order valence-electron chi connectivity index (χ4n) is 3.94. The first kappa shape index (κ1) is 19.2. The van der Waals surface area contributed by atoms with Gasteiger partial charge in [-0.15, -0.1) is 0 Å². The lowest BCUT2D eigenvalue weighted by atomic mass is 9.83. The van der Waals surface area contributed by atoms with Crippen LogP contribution in [0.15, 0.2) is 0 Å². The lowest BCUT2D eigenvalue weighted by Gasteiger charge is -2.34. The SMILES string of the molecule is CCCC1CCC(NCCS(=O)(=O)N2CC(C)OC(C)C2)CC1. The Morgan fingerprint density at radius 2 is 1.70 bits per heavy atom. The molecule has 1 N–H and O–H groups in total. The first-order chi connectivity index (χ1) is 10.9. The molecule has 136 valence electrons. The Bertz CT molecular complexity index is 437. The zero-order chi connectivity index (χ0) is 16.9. The van der Waals surface area contributed by atoms with Crippen LogP contribution in [-0.4, -0.2) is 56.4 Å². The van der Waals surface area contributed by atoms with E-state index in [-0.39, 0.29) is 18.0 Å². The van der Waals surface area contributed by atoms with Gasteiger partial charge in [0.25, 0.3) is 0 Å². The fraction of sp³-hybridized carbons (Fsp3) is 1.00. The molecule has 0 bridgehead atoms. The molecule has 2 atom stereocenters. The maximum absolute atomic E-state index is 12.5. The van der Waals surface area contributed by atoms with Crippen LogP contribution >= 0.6 is 0 Å². The van der Waals surface area contributed by atoms with Gasteiger partial charge in [0.2, 0.25) is 10.0 Å². The number of nitrogens with one attached hydrogen (secondary N) is 1. The van der Waals surface area contributed by atoms with E-state index in [9.17, 15) is 8.42 Å². The zero-order valence-electron chi connectivity index (χ0n) is 15.0. The number of nitrogens with zero attached hydrogens (tertiary/aromatic N) is 1. The van der Waals surface area contributed by atoms with E-state index in [2.05, 4.69) is 12.2 Å². The predicted octanol–water partition coefficient (Wildman–Crippen LogP) is 2.37. The van der Waals surface area contributed by atoms with Crippen molar-refractivity contribution in [3.8, 4) is 0 Å². The quantitative estimate of drug-likeness (QED) is 0.769. The minimum Gasteiger partial charge on any atom is -0.373 e. The van der Waals surface area contributed by atoms with Crippen molar-refractivity contribution >= 4 is 10.0 Å². The highest BCUT2D eigenvalue weighted by molar-refractivity contribution is 7.89. The number of hydrogen-bond donors (Lipinski definition) is 1. The second-order valence-electron chi connectivity index (χ2n) is 7.35. The minimum atomic E-state index is -3.18. The van der Waals surface area contributed by atoms with Crippen LogP contribution in [0.2, 0.25) is 0 Å². The first-order valence-electron chi connectivity index (χ1n) is 9.27. The van der Waals surface area contributed by atoms with Gasteiger partial charge in [-0.3, -0.25) is 0 Å². The number of ether oxygens (including phenoxy) is 1. The van der Waals surface area contributed by atoms with Gasteiger partial charge in [-0.25, -0.2) is 8.42 Å². The average Bonchev–Trinajstić information content (AvgIpc) is 2.48. The van der Waals surface area contributed by atoms with Crippen LogP contribution in [0.5, 0.6) is 0 Å². The largest absolute Gasteiger partial charge is 0.373 e. The molecule has 2 unspecified atom stereocenters. The molecule has 0 aromatic rings. The van der Waals surface area contributed by atoms with E-state index in [0.29, 0.717) is 25.7 Å². The molecule has 2 aliphatic rings. The highest BCUT2D eigenvalue weighted by atomic mass is 32.2. The molecule has 2 fully saturated rings. The van der Waals surface area contributed by atoms with Gasteiger partial charge in [-0.05, 0) is 45.4 Å². The molecule has 2 rings (SSSR count). The molecule has 0 amide bonds. The van der Waals surface area contributed by atoms with Crippen LogP contribution in [0.4, 0.5) is 0 Å². The fourth-order valence-corrected chi connectivity index (χ4v) is 5.45. The average molecular weight is 347 g/mol. The molecule has 0 aromatic heterocycles. The summed E-state index contributed by atoms with van der Waals surface area (Å²) in [5.74, 6) is 1.08. The summed E-state index contributed by atoms with van der Waals surface area (Å²) in [4.78, 5) is 0. The van der Waals surface area contributed by atoms with Crippen molar-refractivity contribution in [1.29, 1.82) is 0 Å². The lowest BCUT2D eigenvalue weighted by Crippen LogP contribution is -2.50. The van der Waals surface area contributed by atoms with Gasteiger partial charge in [-0.1, -0.05) is 19.8 Å². The van der Waals surface area contributed by atoms with Gasteiger partial charge in [0.15, 0.2) is 0 Å². The Hall–Kier alpha value is -0.170. The summed E-state index contributed by atoms with van der Waals surface area (Å²) in [5, 5.41) is 3.46. The zero-order valence-corrected chi connectivity index (χ0v) is 15.8. The summed E-state index contributed by atoms with van der Waals surface area (Å²) >= 11 is 0. The molecular formula is C17H34N2O3S. The summed E-state index contributed by atoms with van der Waals surface area (Å²) in [6, 6.07) is 0.501. The third kappa shape index (κ3) is 6.00. The number of morpholine rings is 1. The van der Waals surface area contributed by atoms with Gasteiger partial charge < -0.3 is 10.1 Å². The highest BCUT2D eigenvalue weighted by Gasteiger charge is 2.30. The standard InChI is InChI=1S/C17H34N2O3S/c1-4-5-16-6-8-17(9-7-16)18-10-11-23(20,21)19-12-14(2)22-15(3)13-19/h14-18H,4-13H2,1-3H3. The molecule has 0 radical (unpaired) electrons. The van der Waals surface area contributed by atoms with Crippen molar-refractivity contribution in [2.75, 3.05) is 25.4 Å². The highest BCUT2D eigenvalue weighted by Crippen LogP contribution is 2.27. The summed E-state index contributed by atoms with van der Waals surface area (Å²) < 4.78 is 32.2. The Morgan fingerprint density at radius 3 is 2.26 bits per heavy atom. The van der Waals surface area contributed by atoms with Crippen molar-refractivity contribution < 1.29 is 13.2 Å². The van der Waals surface area contributed by atoms with E-state index >= 15 is 0 Å². The van der Waals surface area contributed by atoms with Crippen LogP contribution in [0, 0.1) is 5.92 Å². The van der Waals surface area contributed by atoms with E-state index in [0.717, 1.165) is 5.92 Å². The summed E-state index contributed by atoms with van der Waals surface area (Å²) in [6.07, 6.45) is 7.54. The van der Waals surface area contributed by atoms with E-state index in [4.69, 9.17) is 4.74 Å². The maximum Gasteiger partial charge on any atom is 0.215 e. The van der Waals surface area contributed by atoms with E-state index < -0.39 is 10.0 Å². The third-order valence-electron chi connectivity index (χ3n) is 5.12. The van der Waals surface area contributed by atoms with Crippen LogP contribution in [-0.2, 0) is 14.8 Å². The van der Waals surface area contributed by atoms with Crippen molar-refractivity contribution in [2.45, 2.75) is 77.5 Å². The Kier molecular flexibility index (Phi) is 7.32. The smallest absolute Gasteiger partial charge is 0.215 e. The monoisotopic (exact) mass is 346 g/mol. The molecule has 6 heteroatoms. The van der Waals surface area contributed by atoms with Gasteiger partial charge in [0, 0.05) is 25.7 Å². The predicted molar refractivity (Wildman–Crippen MR) is 94.0 cm³/mol. The normalized spacial score (nSPS) is 33.7. The Labute approximate surface area is 142 Å². The molecule has 23 heavy (non-hydrogen) atoms. The number of sulfonamides is 1. The van der Waals surface area contributed by atoms with Gasteiger partial charge >= 0.3 is 0 Å². The molecule has 1 heterocycles. The van der Waals surface area contributed by atoms with Gasteiger partial charge in [0.05, 0.1) is 18.0 Å². The summed E-state index contributed by atoms with van der Waals surface area (Å²) in [6.45, 7) is 7.65. The van der Waals surface area contributed by atoms with Crippen LogP contribution in [0.3, 0.4) is 0 Å². The van der Waals surface area contributed by atoms with Crippen molar-refractivity contribution in [1.82, 2.24) is 9.62 Å². The molecule has 5 nitrogen and oxygen atoms in total. The maximum atomic E-state index is 12.5. The Morgan fingerprint density at radius 1 is 1.09 bits per heavy atom. The van der Waals surface area contributed by atoms with Crippen LogP contribution < -0.4 is 5.32 Å². The van der Waals surface area contributed by atoms with E-state index in [1.807, 2.05) is 13.8 Å². The van der Waals surface area contributed by atoms with Gasteiger partial charge in [0.1, 0.15) is 0 Å². The first-order valence-corrected chi connectivity index (χ1v) is 10.9. The molecule has 1 aliphatic carbocycles. The van der Waals surface area contributed by atoms with Crippen LogP contribution in [0.25, 0.3) is 0 Å². The second-order valence-corrected chi connectivity index (χ2v) is 9.44.